The number of carbonyl (C=O) groups excluding carboxylic acids is 1. The molecule has 0 atom stereocenters. The Balaban J connectivity index is 2.03. The van der Waals surface area contributed by atoms with Crippen LogP contribution in [0.1, 0.15) is 5.56 Å². The summed E-state index contributed by atoms with van der Waals surface area (Å²) in [4.78, 5) is 11.8. The highest BCUT2D eigenvalue weighted by Gasteiger charge is 2.01. The van der Waals surface area contributed by atoms with E-state index in [0.717, 1.165) is 0 Å². The Morgan fingerprint density at radius 3 is 2.76 bits per heavy atom. The zero-order chi connectivity index (χ0) is 15.2. The van der Waals surface area contributed by atoms with Crippen molar-refractivity contribution in [3.05, 3.63) is 54.1 Å². The van der Waals surface area contributed by atoms with Crippen molar-refractivity contribution < 1.29 is 14.6 Å². The molecule has 2 rings (SSSR count). The number of benzene rings is 2. The van der Waals surface area contributed by atoms with E-state index < -0.39 is 0 Å². The van der Waals surface area contributed by atoms with Crippen LogP contribution < -0.4 is 15.8 Å². The van der Waals surface area contributed by atoms with Gasteiger partial charge in [-0.25, -0.2) is 0 Å². The Hall–Kier alpha value is -2.95. The Bertz CT molecular complexity index is 681. The first-order valence-electron chi connectivity index (χ1n) is 6.30. The molecular weight excluding hydrogens is 268 g/mol. The molecule has 5 nitrogen and oxygen atoms in total. The first kappa shape index (κ1) is 14.5. The van der Waals surface area contributed by atoms with E-state index in [1.165, 1.54) is 19.3 Å². The number of nitrogens with one attached hydrogen (secondary N) is 1. The van der Waals surface area contributed by atoms with Crippen molar-refractivity contribution in [3.63, 3.8) is 0 Å². The van der Waals surface area contributed by atoms with Crippen molar-refractivity contribution in [1.29, 1.82) is 0 Å². The average Bonchev–Trinajstić information content (AvgIpc) is 2.45. The number of nitrogens with two attached hydrogens (primary N) is 1. The number of phenols is 1. The molecule has 2 aromatic rings. The van der Waals surface area contributed by atoms with Gasteiger partial charge in [0.15, 0.2) is 11.5 Å². The van der Waals surface area contributed by atoms with Crippen molar-refractivity contribution in [2.45, 2.75) is 0 Å². The van der Waals surface area contributed by atoms with E-state index in [0.29, 0.717) is 22.7 Å². The Labute approximate surface area is 122 Å². The molecule has 0 bridgehead atoms. The summed E-state index contributed by atoms with van der Waals surface area (Å²) in [6, 6.07) is 11.8. The summed E-state index contributed by atoms with van der Waals surface area (Å²) in [6.07, 6.45) is 2.98. The number of anilines is 2. The van der Waals surface area contributed by atoms with Gasteiger partial charge in [-0.3, -0.25) is 4.79 Å². The van der Waals surface area contributed by atoms with E-state index in [9.17, 15) is 9.90 Å². The fourth-order valence-electron chi connectivity index (χ4n) is 1.78. The lowest BCUT2D eigenvalue weighted by Crippen LogP contribution is -2.07. The second kappa shape index (κ2) is 6.47. The normalized spacial score (nSPS) is 10.5. The first-order chi connectivity index (χ1) is 10.1. The van der Waals surface area contributed by atoms with Crippen LogP contribution in [0, 0.1) is 0 Å². The van der Waals surface area contributed by atoms with Gasteiger partial charge < -0.3 is 20.9 Å². The molecule has 0 spiro atoms. The molecule has 0 saturated heterocycles. The molecule has 0 aliphatic carbocycles. The largest absolute Gasteiger partial charge is 0.504 e. The van der Waals surface area contributed by atoms with E-state index in [2.05, 4.69) is 5.32 Å². The van der Waals surface area contributed by atoms with Crippen LogP contribution in [0.3, 0.4) is 0 Å². The van der Waals surface area contributed by atoms with Crippen molar-refractivity contribution in [2.24, 2.45) is 0 Å². The lowest BCUT2D eigenvalue weighted by molar-refractivity contribution is -0.111. The maximum Gasteiger partial charge on any atom is 0.248 e. The van der Waals surface area contributed by atoms with Crippen LogP contribution in [0.25, 0.3) is 6.08 Å². The third-order valence-corrected chi connectivity index (χ3v) is 2.78. The molecule has 0 radical (unpaired) electrons. The van der Waals surface area contributed by atoms with Gasteiger partial charge in [-0.1, -0.05) is 12.1 Å². The molecule has 0 unspecified atom stereocenters. The lowest BCUT2D eigenvalue weighted by Gasteiger charge is -2.04. The predicted octanol–water partition coefficient (Wildman–Crippen LogP) is 2.63. The number of nitrogen functional groups attached to an aromatic ring is 1. The summed E-state index contributed by atoms with van der Waals surface area (Å²) in [7, 11) is 1.48. The summed E-state index contributed by atoms with van der Waals surface area (Å²) in [5.74, 6) is 0.128. The molecule has 21 heavy (non-hydrogen) atoms. The molecule has 108 valence electrons. The molecular formula is C16H16N2O3. The zero-order valence-corrected chi connectivity index (χ0v) is 11.5. The highest BCUT2D eigenvalue weighted by Crippen LogP contribution is 2.26. The molecule has 5 heteroatoms. The van der Waals surface area contributed by atoms with Crippen LogP contribution in [-0.4, -0.2) is 18.1 Å². The predicted molar refractivity (Wildman–Crippen MR) is 83.2 cm³/mol. The number of aromatic hydroxyl groups is 1. The maximum atomic E-state index is 11.8. The second-order valence-corrected chi connectivity index (χ2v) is 4.38. The number of rotatable bonds is 4. The molecule has 4 N–H and O–H groups in total. The summed E-state index contributed by atoms with van der Waals surface area (Å²) >= 11 is 0. The van der Waals surface area contributed by atoms with Crippen molar-refractivity contribution >= 4 is 23.4 Å². The smallest absolute Gasteiger partial charge is 0.248 e. The number of phenolic OH excluding ortho intramolecular Hbond substituents is 1. The molecule has 0 aliphatic heterocycles. The van der Waals surface area contributed by atoms with Gasteiger partial charge in [-0.15, -0.1) is 0 Å². The molecule has 0 fully saturated rings. The highest BCUT2D eigenvalue weighted by atomic mass is 16.5. The number of ether oxygens (including phenoxy) is 1. The minimum absolute atomic E-state index is 0.0240. The van der Waals surface area contributed by atoms with Crippen LogP contribution in [0.4, 0.5) is 11.4 Å². The third-order valence-electron chi connectivity index (χ3n) is 2.78. The van der Waals surface area contributed by atoms with Gasteiger partial charge in [0, 0.05) is 17.5 Å². The van der Waals surface area contributed by atoms with E-state index in [1.807, 2.05) is 0 Å². The molecule has 2 aromatic carbocycles. The van der Waals surface area contributed by atoms with Gasteiger partial charge in [-0.2, -0.15) is 0 Å². The fourth-order valence-corrected chi connectivity index (χ4v) is 1.78. The third kappa shape index (κ3) is 4.01. The van der Waals surface area contributed by atoms with Gasteiger partial charge in [0.05, 0.1) is 7.11 Å². The fraction of sp³-hybridized carbons (Fsp3) is 0.0625. The van der Waals surface area contributed by atoms with E-state index in [-0.39, 0.29) is 11.7 Å². The Morgan fingerprint density at radius 1 is 1.29 bits per heavy atom. The molecule has 0 aliphatic rings. The minimum atomic E-state index is -0.282. The van der Waals surface area contributed by atoms with E-state index in [4.69, 9.17) is 10.5 Å². The van der Waals surface area contributed by atoms with Crippen molar-refractivity contribution in [1.82, 2.24) is 0 Å². The Morgan fingerprint density at radius 2 is 2.10 bits per heavy atom. The number of hydrogen-bond acceptors (Lipinski definition) is 4. The van der Waals surface area contributed by atoms with E-state index in [1.54, 1.807) is 42.5 Å². The number of hydrogen-bond donors (Lipinski definition) is 3. The van der Waals surface area contributed by atoms with Crippen molar-refractivity contribution in [3.8, 4) is 11.5 Å². The summed E-state index contributed by atoms with van der Waals surface area (Å²) in [5, 5.41) is 12.3. The quantitative estimate of drug-likeness (QED) is 0.595. The number of carbonyl (C=O) groups is 1. The van der Waals surface area contributed by atoms with Gasteiger partial charge in [0.1, 0.15) is 0 Å². The number of amides is 1. The Kier molecular flexibility index (Phi) is 4.46. The minimum Gasteiger partial charge on any atom is -0.504 e. The van der Waals surface area contributed by atoms with Crippen LogP contribution in [0.15, 0.2) is 48.5 Å². The van der Waals surface area contributed by atoms with Crippen LogP contribution in [0.5, 0.6) is 11.5 Å². The molecule has 0 saturated carbocycles. The SMILES string of the molecule is COc1ccc(/C=C/C(=O)Nc2cccc(N)c2)cc1O. The lowest BCUT2D eigenvalue weighted by atomic mass is 10.2. The molecule has 0 aromatic heterocycles. The van der Waals surface area contributed by atoms with Gasteiger partial charge in [-0.05, 0) is 42.0 Å². The van der Waals surface area contributed by atoms with Crippen LogP contribution in [0.2, 0.25) is 0 Å². The van der Waals surface area contributed by atoms with Crippen molar-refractivity contribution in [2.75, 3.05) is 18.2 Å². The first-order valence-corrected chi connectivity index (χ1v) is 6.30. The van der Waals surface area contributed by atoms with Gasteiger partial charge in [0.2, 0.25) is 5.91 Å². The maximum absolute atomic E-state index is 11.8. The van der Waals surface area contributed by atoms with E-state index >= 15 is 0 Å². The average molecular weight is 284 g/mol. The molecule has 1 amide bonds. The summed E-state index contributed by atoms with van der Waals surface area (Å²) in [5.41, 5.74) is 7.53. The second-order valence-electron chi connectivity index (χ2n) is 4.38. The number of methoxy groups -OCH3 is 1. The summed E-state index contributed by atoms with van der Waals surface area (Å²) in [6.45, 7) is 0. The zero-order valence-electron chi connectivity index (χ0n) is 11.5. The van der Waals surface area contributed by atoms with Crippen LogP contribution >= 0.6 is 0 Å². The highest BCUT2D eigenvalue weighted by molar-refractivity contribution is 6.02. The standard InChI is InChI=1S/C16H16N2O3/c1-21-15-7-5-11(9-14(15)19)6-8-16(20)18-13-4-2-3-12(17)10-13/h2-10,19H,17H2,1H3,(H,18,20)/b8-6+. The topological polar surface area (TPSA) is 84.6 Å². The van der Waals surface area contributed by atoms with Gasteiger partial charge >= 0.3 is 0 Å². The van der Waals surface area contributed by atoms with Gasteiger partial charge in [0.25, 0.3) is 0 Å². The van der Waals surface area contributed by atoms with Crippen LogP contribution in [-0.2, 0) is 4.79 Å². The molecule has 0 heterocycles. The monoisotopic (exact) mass is 284 g/mol. The summed E-state index contributed by atoms with van der Waals surface area (Å²) < 4.78 is 4.95.